The fraction of sp³-hybridized carbons (Fsp3) is 0.588. The van der Waals surface area contributed by atoms with Crippen molar-refractivity contribution in [1.82, 2.24) is 29.4 Å². The number of hydrogen-bond donors (Lipinski definition) is 0. The Morgan fingerprint density at radius 1 is 1.25 bits per heavy atom. The first kappa shape index (κ1) is 16.7. The van der Waals surface area contributed by atoms with Gasteiger partial charge in [0, 0.05) is 63.9 Å². The molecule has 24 heavy (non-hydrogen) atoms. The van der Waals surface area contributed by atoms with E-state index >= 15 is 0 Å². The van der Waals surface area contributed by atoms with E-state index in [1.807, 2.05) is 46.7 Å². The summed E-state index contributed by atoms with van der Waals surface area (Å²) in [5.74, 6) is 0.184. The van der Waals surface area contributed by atoms with Crippen LogP contribution in [0.25, 0.3) is 0 Å². The molecule has 0 bridgehead atoms. The van der Waals surface area contributed by atoms with Crippen LogP contribution in [0.3, 0.4) is 0 Å². The Morgan fingerprint density at radius 2 is 2.12 bits per heavy atom. The van der Waals surface area contributed by atoms with E-state index in [0.717, 1.165) is 39.1 Å². The van der Waals surface area contributed by atoms with E-state index in [-0.39, 0.29) is 11.8 Å². The van der Waals surface area contributed by atoms with E-state index in [1.54, 1.807) is 6.20 Å². The van der Waals surface area contributed by atoms with Crippen LogP contribution in [-0.2, 0) is 24.9 Å². The van der Waals surface area contributed by atoms with Crippen molar-refractivity contribution in [3.8, 4) is 0 Å². The van der Waals surface area contributed by atoms with Crippen LogP contribution in [0.2, 0.25) is 0 Å². The van der Waals surface area contributed by atoms with Gasteiger partial charge in [-0.3, -0.25) is 19.1 Å². The van der Waals surface area contributed by atoms with Crippen LogP contribution >= 0.6 is 0 Å². The van der Waals surface area contributed by atoms with E-state index in [0.29, 0.717) is 6.54 Å². The van der Waals surface area contributed by atoms with Crippen LogP contribution in [-0.4, -0.2) is 61.4 Å². The van der Waals surface area contributed by atoms with Gasteiger partial charge in [0.15, 0.2) is 0 Å². The highest BCUT2D eigenvalue weighted by molar-refractivity contribution is 5.78. The maximum absolute atomic E-state index is 12.7. The summed E-state index contributed by atoms with van der Waals surface area (Å²) in [6.45, 7) is 7.10. The van der Waals surface area contributed by atoms with Crippen LogP contribution < -0.4 is 0 Å². The normalized spacial score (nSPS) is 17.7. The molecule has 1 aliphatic heterocycles. The average molecular weight is 330 g/mol. The lowest BCUT2D eigenvalue weighted by Gasteiger charge is -2.24. The van der Waals surface area contributed by atoms with Gasteiger partial charge in [-0.25, -0.2) is 0 Å². The molecule has 0 aliphatic carbocycles. The molecule has 1 saturated heterocycles. The molecule has 2 aromatic rings. The first-order chi connectivity index (χ1) is 11.6. The maximum Gasteiger partial charge on any atom is 0.227 e. The Labute approximate surface area is 142 Å². The SMILES string of the molecule is CC(Cn1cccn1)C(=O)N1CCCN(Cc2cnn(C)c2)CC1. The van der Waals surface area contributed by atoms with Crippen molar-refractivity contribution in [2.45, 2.75) is 26.4 Å². The molecule has 3 heterocycles. The van der Waals surface area contributed by atoms with Crippen LogP contribution in [0.15, 0.2) is 30.9 Å². The third kappa shape index (κ3) is 4.23. The predicted octanol–water partition coefficient (Wildman–Crippen LogP) is 0.987. The fourth-order valence-electron chi connectivity index (χ4n) is 3.24. The zero-order chi connectivity index (χ0) is 16.9. The summed E-state index contributed by atoms with van der Waals surface area (Å²) in [5.41, 5.74) is 1.23. The Morgan fingerprint density at radius 3 is 2.83 bits per heavy atom. The standard InChI is InChI=1S/C17H26N6O/c1-15(12-23-8-3-5-18-23)17(24)22-7-4-6-21(9-10-22)14-16-11-19-20(2)13-16/h3,5,8,11,13,15H,4,6-7,9-10,12,14H2,1-2H3. The van der Waals surface area contributed by atoms with Gasteiger partial charge < -0.3 is 4.90 Å². The minimum Gasteiger partial charge on any atom is -0.341 e. The van der Waals surface area contributed by atoms with Gasteiger partial charge in [0.05, 0.1) is 18.7 Å². The minimum atomic E-state index is -0.0465. The first-order valence-electron chi connectivity index (χ1n) is 8.58. The maximum atomic E-state index is 12.7. The third-order valence-electron chi connectivity index (χ3n) is 4.51. The van der Waals surface area contributed by atoms with Crippen molar-refractivity contribution >= 4 is 5.91 Å². The second-order valence-corrected chi connectivity index (χ2v) is 6.61. The molecule has 0 radical (unpaired) electrons. The highest BCUT2D eigenvalue weighted by atomic mass is 16.2. The second kappa shape index (κ2) is 7.61. The van der Waals surface area contributed by atoms with Crippen LogP contribution in [0.1, 0.15) is 18.9 Å². The molecule has 1 atom stereocenters. The second-order valence-electron chi connectivity index (χ2n) is 6.61. The van der Waals surface area contributed by atoms with E-state index in [4.69, 9.17) is 0 Å². The van der Waals surface area contributed by atoms with Crippen LogP contribution in [0, 0.1) is 5.92 Å². The molecule has 0 saturated carbocycles. The third-order valence-corrected chi connectivity index (χ3v) is 4.51. The van der Waals surface area contributed by atoms with Gasteiger partial charge in [-0.2, -0.15) is 10.2 Å². The van der Waals surface area contributed by atoms with Gasteiger partial charge >= 0.3 is 0 Å². The topological polar surface area (TPSA) is 59.2 Å². The largest absolute Gasteiger partial charge is 0.341 e. The Balaban J connectivity index is 1.51. The monoisotopic (exact) mass is 330 g/mol. The summed E-state index contributed by atoms with van der Waals surface area (Å²) in [6, 6.07) is 1.89. The van der Waals surface area contributed by atoms with Gasteiger partial charge in [0.25, 0.3) is 0 Å². The molecular formula is C17H26N6O. The highest BCUT2D eigenvalue weighted by Crippen LogP contribution is 2.12. The van der Waals surface area contributed by atoms with Crippen molar-refractivity contribution < 1.29 is 4.79 Å². The highest BCUT2D eigenvalue weighted by Gasteiger charge is 2.23. The fourth-order valence-corrected chi connectivity index (χ4v) is 3.24. The molecule has 0 N–H and O–H groups in total. The average Bonchev–Trinajstić information content (AvgIpc) is 3.15. The summed E-state index contributed by atoms with van der Waals surface area (Å²) in [6.07, 6.45) is 8.64. The molecule has 0 aromatic carbocycles. The van der Waals surface area contributed by atoms with Gasteiger partial charge in [-0.05, 0) is 12.5 Å². The lowest BCUT2D eigenvalue weighted by atomic mass is 10.1. The molecule has 2 aromatic heterocycles. The smallest absolute Gasteiger partial charge is 0.227 e. The molecule has 1 fully saturated rings. The number of carbonyl (C=O) groups excluding carboxylic acids is 1. The molecule has 7 nitrogen and oxygen atoms in total. The van der Waals surface area contributed by atoms with Crippen molar-refractivity contribution in [3.63, 3.8) is 0 Å². The van der Waals surface area contributed by atoms with E-state index in [1.165, 1.54) is 5.56 Å². The Kier molecular flexibility index (Phi) is 5.30. The Bertz CT molecular complexity index is 650. The number of rotatable bonds is 5. The summed E-state index contributed by atoms with van der Waals surface area (Å²) in [5, 5.41) is 8.42. The molecule has 130 valence electrons. The molecule has 1 aliphatic rings. The summed E-state index contributed by atoms with van der Waals surface area (Å²) >= 11 is 0. The lowest BCUT2D eigenvalue weighted by Crippen LogP contribution is -2.39. The molecule has 1 unspecified atom stereocenters. The molecule has 1 amide bonds. The lowest BCUT2D eigenvalue weighted by molar-refractivity contribution is -0.135. The predicted molar refractivity (Wildman–Crippen MR) is 91.1 cm³/mol. The number of amides is 1. The van der Waals surface area contributed by atoms with Crippen LogP contribution in [0.4, 0.5) is 0 Å². The van der Waals surface area contributed by atoms with Gasteiger partial charge in [-0.15, -0.1) is 0 Å². The number of hydrogen-bond acceptors (Lipinski definition) is 4. The van der Waals surface area contributed by atoms with Crippen molar-refractivity contribution in [2.75, 3.05) is 26.2 Å². The van der Waals surface area contributed by atoms with Gasteiger partial charge in [0.1, 0.15) is 0 Å². The Hall–Kier alpha value is -2.15. The quantitative estimate of drug-likeness (QED) is 0.820. The van der Waals surface area contributed by atoms with E-state index in [9.17, 15) is 4.79 Å². The summed E-state index contributed by atoms with van der Waals surface area (Å²) in [7, 11) is 1.94. The minimum absolute atomic E-state index is 0.0465. The van der Waals surface area contributed by atoms with Crippen molar-refractivity contribution in [2.24, 2.45) is 13.0 Å². The zero-order valence-corrected chi connectivity index (χ0v) is 14.5. The molecular weight excluding hydrogens is 304 g/mol. The number of carbonyl (C=O) groups is 1. The molecule has 3 rings (SSSR count). The number of nitrogens with zero attached hydrogens (tertiary/aromatic N) is 6. The number of aryl methyl sites for hydroxylation is 1. The van der Waals surface area contributed by atoms with Crippen molar-refractivity contribution in [3.05, 3.63) is 36.4 Å². The van der Waals surface area contributed by atoms with Gasteiger partial charge in [-0.1, -0.05) is 6.92 Å². The van der Waals surface area contributed by atoms with E-state index < -0.39 is 0 Å². The number of aromatic nitrogens is 4. The van der Waals surface area contributed by atoms with Crippen LogP contribution in [0.5, 0.6) is 0 Å². The molecule has 0 spiro atoms. The first-order valence-corrected chi connectivity index (χ1v) is 8.58. The summed E-state index contributed by atoms with van der Waals surface area (Å²) in [4.78, 5) is 17.1. The summed E-state index contributed by atoms with van der Waals surface area (Å²) < 4.78 is 3.66. The van der Waals surface area contributed by atoms with Crippen molar-refractivity contribution in [1.29, 1.82) is 0 Å². The van der Waals surface area contributed by atoms with Gasteiger partial charge in [0.2, 0.25) is 5.91 Å². The molecule has 7 heteroatoms. The zero-order valence-electron chi connectivity index (χ0n) is 14.5. The van der Waals surface area contributed by atoms with E-state index in [2.05, 4.69) is 21.3 Å².